The van der Waals surface area contributed by atoms with E-state index in [-0.39, 0.29) is 62.3 Å². The van der Waals surface area contributed by atoms with Crippen molar-refractivity contribution in [3.05, 3.63) is 70.3 Å². The van der Waals surface area contributed by atoms with Crippen molar-refractivity contribution in [2.45, 2.75) is 74.1 Å². The fourth-order valence-corrected chi connectivity index (χ4v) is 11.1. The third kappa shape index (κ3) is 8.60. The first-order valence-electron chi connectivity index (χ1n) is 20.6. The molecule has 1 saturated carbocycles. The molecule has 2 aromatic carbocycles. The molecule has 322 valence electrons. The van der Waals surface area contributed by atoms with Crippen molar-refractivity contribution in [2.24, 2.45) is 11.8 Å². The molecule has 2 N–H and O–H groups in total. The number of carbonyl (C=O) groups is 2. The van der Waals surface area contributed by atoms with Crippen molar-refractivity contribution in [3.63, 3.8) is 0 Å². The zero-order valence-corrected chi connectivity index (χ0v) is 35.2. The summed E-state index contributed by atoms with van der Waals surface area (Å²) >= 11 is 6.48. The van der Waals surface area contributed by atoms with Crippen molar-refractivity contribution in [3.8, 4) is 5.75 Å². The number of fused-ring (bicyclic) bond motifs is 4. The van der Waals surface area contributed by atoms with Crippen LogP contribution in [-0.2, 0) is 46.7 Å². The Labute approximate surface area is 349 Å². The van der Waals surface area contributed by atoms with E-state index in [4.69, 9.17) is 25.8 Å². The zero-order valence-electron chi connectivity index (χ0n) is 33.6. The van der Waals surface area contributed by atoms with Gasteiger partial charge in [-0.15, -0.1) is 0 Å². The van der Waals surface area contributed by atoms with Crippen LogP contribution >= 0.6 is 11.6 Å². The van der Waals surface area contributed by atoms with Gasteiger partial charge >= 0.3 is 10.2 Å². The van der Waals surface area contributed by atoms with Gasteiger partial charge in [-0.1, -0.05) is 35.9 Å². The SMILES string of the molecule is COC1CN(S(=O)(=O)NC(=O)[C@@]2(O)CC(=O)N(C)CC/C=C\[C@H](OCCN3CC(F)(F)C3)[C@@H]3CC[C@H]3CN3C[C@@]4(CCCc5cc(Cl)ccc54)COc4ccc2cc43)C1. The number of ether oxygens (including phenoxy) is 3. The molecule has 0 unspecified atom stereocenters. The van der Waals surface area contributed by atoms with E-state index in [1.807, 2.05) is 24.3 Å². The molecule has 0 radical (unpaired) electrons. The van der Waals surface area contributed by atoms with Gasteiger partial charge in [-0.3, -0.25) is 14.5 Å². The van der Waals surface area contributed by atoms with Gasteiger partial charge in [-0.05, 0) is 91.3 Å². The Hall–Kier alpha value is -3.38. The van der Waals surface area contributed by atoms with E-state index in [0.717, 1.165) is 42.0 Å². The highest BCUT2D eigenvalue weighted by Gasteiger charge is 2.49. The molecule has 2 aromatic rings. The van der Waals surface area contributed by atoms with Crippen molar-refractivity contribution >= 4 is 39.3 Å². The van der Waals surface area contributed by atoms with Crippen LogP contribution in [0.5, 0.6) is 5.75 Å². The Bertz CT molecular complexity index is 2060. The number of aryl methyl sites for hydroxylation is 1. The van der Waals surface area contributed by atoms with Crippen LogP contribution in [0.1, 0.15) is 55.2 Å². The number of rotatable bonds is 8. The number of likely N-dealkylation sites (tertiary alicyclic amines) is 1. The van der Waals surface area contributed by atoms with E-state index in [2.05, 4.69) is 15.7 Å². The molecule has 1 spiro atoms. The highest BCUT2D eigenvalue weighted by Crippen LogP contribution is 2.48. The van der Waals surface area contributed by atoms with Crippen molar-refractivity contribution < 1.29 is 46.1 Å². The molecule has 2 aliphatic carbocycles. The standard InChI is InChI=1S/C42H54ClF2N5O8S/c1-47-15-4-3-7-36(57-17-16-48-25-41(44,45)26-48)33-11-8-29(33)21-49-24-40(14-5-6-28-18-31(43)10-12-34(28)40)27-58-37-13-9-30(19-35(37)49)42(53,20-38(47)51)39(52)46-59(54,55)50-22-32(23-50)56-2/h3,7,9-10,12-13,18-19,29,32-33,36,53H,4-6,8,11,14-17,20-27H2,1-2H3,(H,46,52)/b7-3-/t29-,33+,36-,40-,42+/m0/s1. The molecule has 13 nitrogen and oxygen atoms in total. The Balaban J connectivity index is 1.15. The number of nitrogens with one attached hydrogen (secondary N) is 1. The van der Waals surface area contributed by atoms with Crippen LogP contribution in [0, 0.1) is 11.8 Å². The lowest BCUT2D eigenvalue weighted by Gasteiger charge is -2.46. The molecular weight excluding hydrogens is 808 g/mol. The first-order valence-corrected chi connectivity index (χ1v) is 22.4. The number of alkyl halides is 2. The second kappa shape index (κ2) is 16.5. The number of aliphatic hydroxyl groups is 1. The van der Waals surface area contributed by atoms with Gasteiger partial charge in [0.15, 0.2) is 5.60 Å². The number of carbonyl (C=O) groups excluding carboxylic acids is 2. The van der Waals surface area contributed by atoms with Crippen LogP contribution in [0.3, 0.4) is 0 Å². The maximum absolute atomic E-state index is 14.2. The van der Waals surface area contributed by atoms with Gasteiger partial charge in [0.05, 0.1) is 50.6 Å². The Morgan fingerprint density at radius 1 is 1.10 bits per heavy atom. The highest BCUT2D eigenvalue weighted by molar-refractivity contribution is 7.87. The molecule has 4 heterocycles. The quantitative estimate of drug-likeness (QED) is 0.377. The van der Waals surface area contributed by atoms with Crippen LogP contribution in [0.2, 0.25) is 5.02 Å². The first-order chi connectivity index (χ1) is 28.1. The van der Waals surface area contributed by atoms with E-state index in [1.54, 1.807) is 24.1 Å². The normalized spacial score (nSPS) is 30.8. The average Bonchev–Trinajstić information content (AvgIpc) is 3.29. The summed E-state index contributed by atoms with van der Waals surface area (Å²) in [6.07, 6.45) is 7.59. The number of methoxy groups -OCH3 is 1. The van der Waals surface area contributed by atoms with Crippen molar-refractivity contribution in [1.29, 1.82) is 0 Å². The number of anilines is 1. The molecule has 6 aliphatic rings. The van der Waals surface area contributed by atoms with Crippen LogP contribution in [0.4, 0.5) is 14.5 Å². The molecule has 4 aliphatic heterocycles. The number of amides is 2. The number of nitrogens with zero attached hydrogens (tertiary/aromatic N) is 4. The summed E-state index contributed by atoms with van der Waals surface area (Å²) in [5, 5.41) is 13.1. The lowest BCUT2D eigenvalue weighted by Crippen LogP contribution is -2.60. The predicted molar refractivity (Wildman–Crippen MR) is 217 cm³/mol. The third-order valence-electron chi connectivity index (χ3n) is 13.4. The monoisotopic (exact) mass is 861 g/mol. The summed E-state index contributed by atoms with van der Waals surface area (Å²) in [5.74, 6) is -3.64. The van der Waals surface area contributed by atoms with Crippen LogP contribution < -0.4 is 14.4 Å². The number of benzene rings is 2. The minimum Gasteiger partial charge on any atom is -0.490 e. The van der Waals surface area contributed by atoms with Crippen molar-refractivity contribution in [1.82, 2.24) is 18.8 Å². The molecular formula is C42H54ClF2N5O8S. The molecule has 2 bridgehead atoms. The van der Waals surface area contributed by atoms with E-state index in [9.17, 15) is 31.9 Å². The molecule has 3 fully saturated rings. The Morgan fingerprint density at radius 3 is 2.63 bits per heavy atom. The highest BCUT2D eigenvalue weighted by atomic mass is 35.5. The average molecular weight is 862 g/mol. The Morgan fingerprint density at radius 2 is 1.90 bits per heavy atom. The molecule has 2 saturated heterocycles. The van der Waals surface area contributed by atoms with E-state index in [0.29, 0.717) is 55.7 Å². The van der Waals surface area contributed by atoms with Gasteiger partial charge in [-0.25, -0.2) is 13.5 Å². The topological polar surface area (TPSA) is 141 Å². The fraction of sp³-hybridized carbons (Fsp3) is 0.619. The van der Waals surface area contributed by atoms with Crippen LogP contribution in [-0.4, -0.2) is 137 Å². The molecule has 8 rings (SSSR count). The minimum atomic E-state index is -4.37. The summed E-state index contributed by atoms with van der Waals surface area (Å²) in [7, 11) is -1.33. The van der Waals surface area contributed by atoms with E-state index in [1.165, 1.54) is 23.6 Å². The van der Waals surface area contributed by atoms with E-state index >= 15 is 0 Å². The maximum Gasteiger partial charge on any atom is 0.304 e. The number of halogens is 3. The van der Waals surface area contributed by atoms with Crippen molar-refractivity contribution in [2.75, 3.05) is 84.6 Å². The summed E-state index contributed by atoms with van der Waals surface area (Å²) in [6.45, 7) is 2.01. The largest absolute Gasteiger partial charge is 0.490 e. The summed E-state index contributed by atoms with van der Waals surface area (Å²) < 4.78 is 75.4. The smallest absolute Gasteiger partial charge is 0.304 e. The number of hydrogen-bond acceptors (Lipinski definition) is 10. The molecule has 59 heavy (non-hydrogen) atoms. The van der Waals surface area contributed by atoms with Gasteiger partial charge < -0.3 is 29.1 Å². The summed E-state index contributed by atoms with van der Waals surface area (Å²) in [6, 6.07) is 10.9. The Kier molecular flexibility index (Phi) is 11.8. The predicted octanol–water partition coefficient (Wildman–Crippen LogP) is 3.86. The number of hydrogen-bond donors (Lipinski definition) is 2. The minimum absolute atomic E-state index is 0.0420. The summed E-state index contributed by atoms with van der Waals surface area (Å²) in [4.78, 5) is 33.4. The first kappa shape index (κ1) is 42.3. The van der Waals surface area contributed by atoms with E-state index < -0.39 is 45.4 Å². The molecule has 17 heteroatoms. The zero-order chi connectivity index (χ0) is 41.7. The van der Waals surface area contributed by atoms with Gasteiger partial charge in [0.25, 0.3) is 11.8 Å². The summed E-state index contributed by atoms with van der Waals surface area (Å²) in [5.41, 5.74) is 0.00103. The fourth-order valence-electron chi connectivity index (χ4n) is 9.62. The molecule has 2 amide bonds. The lowest BCUT2D eigenvalue weighted by molar-refractivity contribution is -0.148. The van der Waals surface area contributed by atoms with Crippen LogP contribution in [0.25, 0.3) is 0 Å². The third-order valence-corrected chi connectivity index (χ3v) is 15.0. The molecule has 5 atom stereocenters. The van der Waals surface area contributed by atoms with Gasteiger partial charge in [0, 0.05) is 63.9 Å². The van der Waals surface area contributed by atoms with Gasteiger partial charge in [-0.2, -0.15) is 12.7 Å². The maximum atomic E-state index is 14.2. The second-order valence-corrected chi connectivity index (χ2v) is 19.5. The van der Waals surface area contributed by atoms with Gasteiger partial charge in [0.2, 0.25) is 5.91 Å². The molecule has 0 aromatic heterocycles. The lowest BCUT2D eigenvalue weighted by atomic mass is 9.68. The van der Waals surface area contributed by atoms with Gasteiger partial charge in [0.1, 0.15) is 5.75 Å². The van der Waals surface area contributed by atoms with Crippen LogP contribution in [0.15, 0.2) is 48.6 Å². The second-order valence-electron chi connectivity index (χ2n) is 17.4.